The number of nitriles is 1. The standard InChI is InChI=1S/C19H17NO2/c1-19(2)16(17(19)18(21)22)10-15(11-20)14-8-7-12-5-3-4-6-13(12)9-14/h3-10,16-17H,1-2H3,(H,21,22)/b15-10+/t16-,17+/m1/s1. The number of allylic oxidation sites excluding steroid dienone is 2. The van der Waals surface area contributed by atoms with Gasteiger partial charge >= 0.3 is 5.97 Å². The Morgan fingerprint density at radius 2 is 1.91 bits per heavy atom. The summed E-state index contributed by atoms with van der Waals surface area (Å²) in [5.41, 5.74) is 1.10. The molecule has 1 fully saturated rings. The van der Waals surface area contributed by atoms with Crippen LogP contribution in [0, 0.1) is 28.6 Å². The molecule has 3 heteroatoms. The lowest BCUT2D eigenvalue weighted by Gasteiger charge is -2.03. The van der Waals surface area contributed by atoms with E-state index in [1.54, 1.807) is 0 Å². The quantitative estimate of drug-likeness (QED) is 0.866. The van der Waals surface area contributed by atoms with Crippen LogP contribution >= 0.6 is 0 Å². The van der Waals surface area contributed by atoms with Crippen LogP contribution in [0.15, 0.2) is 48.5 Å². The fraction of sp³-hybridized carbons (Fsp3) is 0.263. The molecule has 0 spiro atoms. The van der Waals surface area contributed by atoms with Gasteiger partial charge in [-0.05, 0) is 33.7 Å². The number of fused-ring (bicyclic) bond motifs is 1. The molecule has 1 aliphatic carbocycles. The molecule has 110 valence electrons. The molecule has 0 saturated heterocycles. The van der Waals surface area contributed by atoms with Gasteiger partial charge in [-0.15, -0.1) is 0 Å². The number of carbonyl (C=O) groups is 1. The summed E-state index contributed by atoms with van der Waals surface area (Å²) in [5.74, 6) is -1.29. The molecule has 0 aromatic heterocycles. The lowest BCUT2D eigenvalue weighted by molar-refractivity contribution is -0.139. The Kier molecular flexibility index (Phi) is 3.26. The zero-order chi connectivity index (χ0) is 15.9. The summed E-state index contributed by atoms with van der Waals surface area (Å²) >= 11 is 0. The van der Waals surface area contributed by atoms with Crippen LogP contribution in [0.25, 0.3) is 16.3 Å². The van der Waals surface area contributed by atoms with Crippen molar-refractivity contribution in [2.24, 2.45) is 17.3 Å². The van der Waals surface area contributed by atoms with E-state index in [2.05, 4.69) is 6.07 Å². The maximum absolute atomic E-state index is 11.3. The SMILES string of the molecule is CC1(C)[C@H](/C=C(\C#N)c2ccc3ccccc3c2)[C@H]1C(=O)O. The van der Waals surface area contributed by atoms with Crippen LogP contribution in [0.2, 0.25) is 0 Å². The van der Waals surface area contributed by atoms with Gasteiger partial charge in [-0.25, -0.2) is 0 Å². The van der Waals surface area contributed by atoms with Crippen LogP contribution in [0.1, 0.15) is 19.4 Å². The zero-order valence-corrected chi connectivity index (χ0v) is 12.6. The van der Waals surface area contributed by atoms with Crippen molar-refractivity contribution in [3.63, 3.8) is 0 Å². The summed E-state index contributed by atoms with van der Waals surface area (Å²) in [4.78, 5) is 11.3. The predicted molar refractivity (Wildman–Crippen MR) is 85.9 cm³/mol. The molecule has 1 N–H and O–H groups in total. The van der Waals surface area contributed by atoms with Gasteiger partial charge in [0.1, 0.15) is 0 Å². The van der Waals surface area contributed by atoms with Crippen LogP contribution in [0.3, 0.4) is 0 Å². The topological polar surface area (TPSA) is 61.1 Å². The number of carboxylic acid groups (broad SMARTS) is 1. The largest absolute Gasteiger partial charge is 0.481 e. The highest BCUT2D eigenvalue weighted by Crippen LogP contribution is 2.59. The minimum absolute atomic E-state index is 0.0916. The lowest BCUT2D eigenvalue weighted by Crippen LogP contribution is -2.03. The number of carboxylic acids is 1. The van der Waals surface area contributed by atoms with Gasteiger partial charge in [0.15, 0.2) is 0 Å². The van der Waals surface area contributed by atoms with E-state index < -0.39 is 11.9 Å². The molecule has 0 aliphatic heterocycles. The van der Waals surface area contributed by atoms with E-state index in [9.17, 15) is 15.2 Å². The molecule has 0 bridgehead atoms. The number of hydrogen-bond donors (Lipinski definition) is 1. The minimum Gasteiger partial charge on any atom is -0.481 e. The molecule has 3 rings (SSSR count). The molecule has 2 aromatic carbocycles. The highest BCUT2D eigenvalue weighted by molar-refractivity contribution is 5.89. The van der Waals surface area contributed by atoms with Gasteiger partial charge in [-0.3, -0.25) is 4.79 Å². The van der Waals surface area contributed by atoms with Gasteiger partial charge in [0.2, 0.25) is 0 Å². The first-order valence-electron chi connectivity index (χ1n) is 7.29. The van der Waals surface area contributed by atoms with E-state index in [0.717, 1.165) is 16.3 Å². The molecule has 2 aromatic rings. The van der Waals surface area contributed by atoms with Crippen molar-refractivity contribution in [2.45, 2.75) is 13.8 Å². The van der Waals surface area contributed by atoms with E-state index in [1.807, 2.05) is 62.4 Å². The molecule has 22 heavy (non-hydrogen) atoms. The highest BCUT2D eigenvalue weighted by atomic mass is 16.4. The van der Waals surface area contributed by atoms with E-state index in [4.69, 9.17) is 0 Å². The molecule has 0 amide bonds. The number of rotatable bonds is 3. The van der Waals surface area contributed by atoms with Crippen molar-refractivity contribution in [2.75, 3.05) is 0 Å². The van der Waals surface area contributed by atoms with E-state index in [0.29, 0.717) is 5.57 Å². The van der Waals surface area contributed by atoms with Crippen molar-refractivity contribution >= 4 is 22.3 Å². The molecule has 3 nitrogen and oxygen atoms in total. The van der Waals surface area contributed by atoms with Crippen LogP contribution in [-0.2, 0) is 4.79 Å². The number of nitrogens with zero attached hydrogens (tertiary/aromatic N) is 1. The van der Waals surface area contributed by atoms with Crippen molar-refractivity contribution < 1.29 is 9.90 Å². The summed E-state index contributed by atoms with van der Waals surface area (Å²) in [7, 11) is 0. The van der Waals surface area contributed by atoms with Crippen LogP contribution < -0.4 is 0 Å². The molecule has 0 unspecified atom stereocenters. The molecule has 0 radical (unpaired) electrons. The lowest BCUT2D eigenvalue weighted by atomic mass is 9.99. The average molecular weight is 291 g/mol. The smallest absolute Gasteiger partial charge is 0.307 e. The molecule has 2 atom stereocenters. The van der Waals surface area contributed by atoms with Gasteiger partial charge in [-0.2, -0.15) is 5.26 Å². The Hall–Kier alpha value is -2.60. The summed E-state index contributed by atoms with van der Waals surface area (Å²) in [6, 6.07) is 16.1. The summed E-state index contributed by atoms with van der Waals surface area (Å²) in [6.45, 7) is 3.87. The Morgan fingerprint density at radius 3 is 2.50 bits per heavy atom. The fourth-order valence-electron chi connectivity index (χ4n) is 3.19. The Labute approximate surface area is 129 Å². The van der Waals surface area contributed by atoms with Crippen molar-refractivity contribution in [3.05, 3.63) is 54.1 Å². The molecule has 1 aliphatic rings. The van der Waals surface area contributed by atoms with Crippen molar-refractivity contribution in [1.82, 2.24) is 0 Å². The Balaban J connectivity index is 1.99. The second kappa shape index (κ2) is 4.99. The third kappa shape index (κ3) is 2.27. The van der Waals surface area contributed by atoms with Gasteiger partial charge in [0.25, 0.3) is 0 Å². The minimum atomic E-state index is -0.790. The third-order valence-electron chi connectivity index (χ3n) is 4.70. The van der Waals surface area contributed by atoms with Gasteiger partial charge in [0, 0.05) is 0 Å². The monoisotopic (exact) mass is 291 g/mol. The van der Waals surface area contributed by atoms with E-state index >= 15 is 0 Å². The van der Waals surface area contributed by atoms with Crippen LogP contribution in [0.4, 0.5) is 0 Å². The first kappa shape index (κ1) is 14.3. The second-order valence-corrected chi connectivity index (χ2v) is 6.42. The first-order chi connectivity index (χ1) is 10.4. The first-order valence-corrected chi connectivity index (χ1v) is 7.29. The fourth-order valence-corrected chi connectivity index (χ4v) is 3.19. The van der Waals surface area contributed by atoms with Gasteiger partial charge in [-0.1, -0.05) is 56.3 Å². The number of hydrogen-bond acceptors (Lipinski definition) is 2. The van der Waals surface area contributed by atoms with Crippen molar-refractivity contribution in [3.8, 4) is 6.07 Å². The number of aliphatic carboxylic acids is 1. The maximum Gasteiger partial charge on any atom is 0.307 e. The molecule has 0 heterocycles. The summed E-state index contributed by atoms with van der Waals surface area (Å²) < 4.78 is 0. The van der Waals surface area contributed by atoms with Crippen molar-refractivity contribution in [1.29, 1.82) is 5.26 Å². The van der Waals surface area contributed by atoms with E-state index in [1.165, 1.54) is 0 Å². The maximum atomic E-state index is 11.3. The average Bonchev–Trinajstić information content (AvgIpc) is 3.05. The van der Waals surface area contributed by atoms with E-state index in [-0.39, 0.29) is 11.3 Å². The third-order valence-corrected chi connectivity index (χ3v) is 4.70. The summed E-state index contributed by atoms with van der Waals surface area (Å²) in [5, 5.41) is 20.9. The second-order valence-electron chi connectivity index (χ2n) is 6.42. The van der Waals surface area contributed by atoms with Crippen LogP contribution in [0.5, 0.6) is 0 Å². The van der Waals surface area contributed by atoms with Gasteiger partial charge < -0.3 is 5.11 Å². The number of benzene rings is 2. The summed E-state index contributed by atoms with van der Waals surface area (Å²) in [6.07, 6.45) is 1.82. The zero-order valence-electron chi connectivity index (χ0n) is 12.6. The van der Waals surface area contributed by atoms with Gasteiger partial charge in [0.05, 0.1) is 17.6 Å². The normalized spacial score (nSPS) is 23.0. The molecular formula is C19H17NO2. The predicted octanol–water partition coefficient (Wildman–Crippen LogP) is 4.10. The molecular weight excluding hydrogens is 274 g/mol. The molecule has 1 saturated carbocycles. The highest BCUT2D eigenvalue weighted by Gasteiger charge is 2.61. The van der Waals surface area contributed by atoms with Crippen LogP contribution in [-0.4, -0.2) is 11.1 Å². The Bertz CT molecular complexity index is 827. The Morgan fingerprint density at radius 1 is 1.23 bits per heavy atom.